The van der Waals surface area contributed by atoms with Crippen LogP contribution < -0.4 is 5.32 Å². The quantitative estimate of drug-likeness (QED) is 0.660. The molecular formula is C21H17F3N2O3. The number of carbonyl (C=O) groups is 2. The molecule has 0 aliphatic rings. The standard InChI is InChI=1S/C21H17F3N2O3/c1-29-20(28)18(12-13-6-9-15(10-7-13)21(22,23)24)26-19(27)17-11-8-14-4-2-3-5-16(14)25-17/h2-11,18H,12H2,1H3,(H,26,27)/t18-/m0/s1. The third-order valence-electron chi connectivity index (χ3n) is 4.34. The lowest BCUT2D eigenvalue weighted by Gasteiger charge is -2.17. The molecule has 0 unspecified atom stereocenters. The lowest BCUT2D eigenvalue weighted by atomic mass is 10.0. The number of carbonyl (C=O) groups excluding carboxylic acids is 2. The van der Waals surface area contributed by atoms with Crippen molar-refractivity contribution in [2.24, 2.45) is 0 Å². The molecule has 3 aromatic rings. The number of amides is 1. The summed E-state index contributed by atoms with van der Waals surface area (Å²) in [6, 6.07) is 13.8. The summed E-state index contributed by atoms with van der Waals surface area (Å²) in [6.45, 7) is 0. The number of esters is 1. The zero-order valence-electron chi connectivity index (χ0n) is 15.4. The van der Waals surface area contributed by atoms with Crippen LogP contribution in [0.25, 0.3) is 10.9 Å². The molecule has 5 nitrogen and oxygen atoms in total. The van der Waals surface area contributed by atoms with Crippen molar-refractivity contribution in [3.63, 3.8) is 0 Å². The maximum atomic E-state index is 12.7. The van der Waals surface area contributed by atoms with Crippen LogP contribution in [0.15, 0.2) is 60.7 Å². The number of halogens is 3. The molecule has 150 valence electrons. The monoisotopic (exact) mass is 402 g/mol. The Morgan fingerprint density at radius 2 is 1.72 bits per heavy atom. The fourth-order valence-electron chi connectivity index (χ4n) is 2.83. The maximum Gasteiger partial charge on any atom is 0.416 e. The van der Waals surface area contributed by atoms with Crippen LogP contribution in [-0.2, 0) is 22.1 Å². The molecule has 1 N–H and O–H groups in total. The molecular weight excluding hydrogens is 385 g/mol. The first-order valence-corrected chi connectivity index (χ1v) is 8.68. The van der Waals surface area contributed by atoms with E-state index in [9.17, 15) is 22.8 Å². The number of aromatic nitrogens is 1. The van der Waals surface area contributed by atoms with Gasteiger partial charge in [-0.15, -0.1) is 0 Å². The highest BCUT2D eigenvalue weighted by molar-refractivity contribution is 5.97. The summed E-state index contributed by atoms with van der Waals surface area (Å²) >= 11 is 0. The fourth-order valence-corrected chi connectivity index (χ4v) is 2.83. The van der Waals surface area contributed by atoms with Gasteiger partial charge in [0.05, 0.1) is 18.2 Å². The topological polar surface area (TPSA) is 68.3 Å². The zero-order valence-corrected chi connectivity index (χ0v) is 15.4. The van der Waals surface area contributed by atoms with Gasteiger partial charge in [0, 0.05) is 11.8 Å². The van der Waals surface area contributed by atoms with E-state index in [1.165, 1.54) is 25.3 Å². The van der Waals surface area contributed by atoms with Crippen LogP contribution in [-0.4, -0.2) is 30.0 Å². The van der Waals surface area contributed by atoms with E-state index >= 15 is 0 Å². The summed E-state index contributed by atoms with van der Waals surface area (Å²) in [5.74, 6) is -1.29. The van der Waals surface area contributed by atoms with Crippen molar-refractivity contribution in [3.05, 3.63) is 77.5 Å². The van der Waals surface area contributed by atoms with Crippen molar-refractivity contribution >= 4 is 22.8 Å². The van der Waals surface area contributed by atoms with Gasteiger partial charge in [0.1, 0.15) is 11.7 Å². The highest BCUT2D eigenvalue weighted by Gasteiger charge is 2.30. The van der Waals surface area contributed by atoms with Gasteiger partial charge in [-0.1, -0.05) is 36.4 Å². The lowest BCUT2D eigenvalue weighted by molar-refractivity contribution is -0.143. The normalized spacial score (nSPS) is 12.4. The van der Waals surface area contributed by atoms with E-state index in [1.54, 1.807) is 18.2 Å². The number of methoxy groups -OCH3 is 1. The van der Waals surface area contributed by atoms with Crippen LogP contribution in [0.2, 0.25) is 0 Å². The minimum Gasteiger partial charge on any atom is -0.467 e. The molecule has 0 aliphatic carbocycles. The maximum absolute atomic E-state index is 12.7. The smallest absolute Gasteiger partial charge is 0.416 e. The Morgan fingerprint density at radius 3 is 2.38 bits per heavy atom. The predicted octanol–water partition coefficient (Wildman–Crippen LogP) is 3.77. The fraction of sp³-hybridized carbons (Fsp3) is 0.190. The molecule has 1 amide bonds. The summed E-state index contributed by atoms with van der Waals surface area (Å²) in [5, 5.41) is 3.40. The first kappa shape index (κ1) is 20.3. The van der Waals surface area contributed by atoms with Gasteiger partial charge in [-0.05, 0) is 29.8 Å². The molecule has 29 heavy (non-hydrogen) atoms. The van der Waals surface area contributed by atoms with Gasteiger partial charge in [0.25, 0.3) is 5.91 Å². The van der Waals surface area contributed by atoms with Crippen molar-refractivity contribution in [2.45, 2.75) is 18.6 Å². The first-order chi connectivity index (χ1) is 13.8. The largest absolute Gasteiger partial charge is 0.467 e. The number of alkyl halides is 3. The van der Waals surface area contributed by atoms with E-state index in [1.807, 2.05) is 12.1 Å². The van der Waals surface area contributed by atoms with E-state index in [0.29, 0.717) is 11.1 Å². The zero-order chi connectivity index (χ0) is 21.0. The number of nitrogens with zero attached hydrogens (tertiary/aromatic N) is 1. The van der Waals surface area contributed by atoms with Crippen LogP contribution in [0, 0.1) is 0 Å². The van der Waals surface area contributed by atoms with Gasteiger partial charge < -0.3 is 10.1 Å². The van der Waals surface area contributed by atoms with Gasteiger partial charge in [-0.25, -0.2) is 9.78 Å². The van der Waals surface area contributed by atoms with Gasteiger partial charge >= 0.3 is 12.1 Å². The number of ether oxygens (including phenoxy) is 1. The number of benzene rings is 2. The molecule has 2 aromatic carbocycles. The molecule has 3 rings (SSSR count). The molecule has 1 atom stereocenters. The molecule has 1 heterocycles. The third-order valence-corrected chi connectivity index (χ3v) is 4.34. The summed E-state index contributed by atoms with van der Waals surface area (Å²) in [7, 11) is 1.17. The molecule has 0 saturated heterocycles. The molecule has 0 bridgehead atoms. The average Bonchev–Trinajstić information content (AvgIpc) is 2.72. The first-order valence-electron chi connectivity index (χ1n) is 8.68. The minimum atomic E-state index is -4.45. The van der Waals surface area contributed by atoms with Gasteiger partial charge in [0.2, 0.25) is 0 Å². The van der Waals surface area contributed by atoms with E-state index in [0.717, 1.165) is 17.5 Å². The number of fused-ring (bicyclic) bond motifs is 1. The molecule has 0 fully saturated rings. The minimum absolute atomic E-state index is 0.0237. The van der Waals surface area contributed by atoms with E-state index in [-0.39, 0.29) is 12.1 Å². The lowest BCUT2D eigenvalue weighted by Crippen LogP contribution is -2.43. The Morgan fingerprint density at radius 1 is 1.03 bits per heavy atom. The van der Waals surface area contributed by atoms with E-state index in [2.05, 4.69) is 10.3 Å². The number of hydrogen-bond acceptors (Lipinski definition) is 4. The second-order valence-electron chi connectivity index (χ2n) is 6.34. The van der Waals surface area contributed by atoms with Gasteiger partial charge in [-0.2, -0.15) is 13.2 Å². The van der Waals surface area contributed by atoms with Crippen molar-refractivity contribution in [1.29, 1.82) is 0 Å². The van der Waals surface area contributed by atoms with E-state index < -0.39 is 29.7 Å². The Balaban J connectivity index is 1.77. The van der Waals surface area contributed by atoms with Crippen molar-refractivity contribution in [3.8, 4) is 0 Å². The summed E-state index contributed by atoms with van der Waals surface area (Å²) < 4.78 is 42.8. The van der Waals surface area contributed by atoms with Crippen LogP contribution in [0.1, 0.15) is 21.6 Å². The van der Waals surface area contributed by atoms with E-state index in [4.69, 9.17) is 4.74 Å². The van der Waals surface area contributed by atoms with Gasteiger partial charge in [-0.3, -0.25) is 4.79 Å². The van der Waals surface area contributed by atoms with Crippen molar-refractivity contribution in [2.75, 3.05) is 7.11 Å². The summed E-state index contributed by atoms with van der Waals surface area (Å²) in [6.07, 6.45) is -4.47. The molecule has 0 radical (unpaired) electrons. The van der Waals surface area contributed by atoms with Crippen molar-refractivity contribution < 1.29 is 27.5 Å². The molecule has 0 saturated carbocycles. The Labute approximate surface area is 164 Å². The molecule has 0 aliphatic heterocycles. The number of rotatable bonds is 5. The number of nitrogens with one attached hydrogen (secondary N) is 1. The highest BCUT2D eigenvalue weighted by Crippen LogP contribution is 2.29. The van der Waals surface area contributed by atoms with Gasteiger partial charge in [0.15, 0.2) is 0 Å². The predicted molar refractivity (Wildman–Crippen MR) is 100 cm³/mol. The second-order valence-corrected chi connectivity index (χ2v) is 6.34. The van der Waals surface area contributed by atoms with Crippen LogP contribution in [0.4, 0.5) is 13.2 Å². The van der Waals surface area contributed by atoms with Crippen LogP contribution in [0.3, 0.4) is 0 Å². The Kier molecular flexibility index (Phi) is 5.81. The SMILES string of the molecule is COC(=O)[C@H](Cc1ccc(C(F)(F)F)cc1)NC(=O)c1ccc2ccccc2n1. The number of hydrogen-bond donors (Lipinski definition) is 1. The Bertz CT molecular complexity index is 1030. The number of para-hydroxylation sites is 1. The Hall–Kier alpha value is -3.42. The summed E-state index contributed by atoms with van der Waals surface area (Å²) in [5.41, 5.74) is 0.392. The highest BCUT2D eigenvalue weighted by atomic mass is 19.4. The molecule has 1 aromatic heterocycles. The van der Waals surface area contributed by atoms with Crippen LogP contribution >= 0.6 is 0 Å². The average molecular weight is 402 g/mol. The second kappa shape index (κ2) is 8.30. The molecule has 8 heteroatoms. The molecule has 0 spiro atoms. The number of pyridine rings is 1. The summed E-state index contributed by atoms with van der Waals surface area (Å²) in [4.78, 5) is 28.9. The van der Waals surface area contributed by atoms with Crippen LogP contribution in [0.5, 0.6) is 0 Å². The van der Waals surface area contributed by atoms with Crippen molar-refractivity contribution in [1.82, 2.24) is 10.3 Å². The third kappa shape index (κ3) is 4.90.